The molecule has 4 aliphatic rings. The maximum atomic E-state index is 13.9. The van der Waals surface area contributed by atoms with Gasteiger partial charge < -0.3 is 24.4 Å². The van der Waals surface area contributed by atoms with Crippen molar-refractivity contribution in [2.24, 2.45) is 11.8 Å². The number of likely N-dealkylation sites (tertiary alicyclic amines) is 1. The number of nitrogens with zero attached hydrogens (tertiary/aromatic N) is 2. The van der Waals surface area contributed by atoms with E-state index in [0.717, 1.165) is 19.3 Å². The van der Waals surface area contributed by atoms with Gasteiger partial charge in [0.25, 0.3) is 0 Å². The number of esters is 1. The molecule has 0 aromatic carbocycles. The fourth-order valence-corrected chi connectivity index (χ4v) is 5.79. The van der Waals surface area contributed by atoms with Gasteiger partial charge in [-0.05, 0) is 26.7 Å². The van der Waals surface area contributed by atoms with Crippen molar-refractivity contribution in [3.8, 4) is 0 Å². The van der Waals surface area contributed by atoms with Crippen LogP contribution in [0, 0.1) is 11.8 Å². The van der Waals surface area contributed by atoms with Crippen LogP contribution in [0.1, 0.15) is 46.5 Å². The van der Waals surface area contributed by atoms with Crippen LogP contribution in [-0.4, -0.2) is 82.3 Å². The minimum atomic E-state index is -1.29. The Labute approximate surface area is 189 Å². The SMILES string of the molecule is CCCCCN1CC=C[C@]23O[C@@]4(C)C=CCCOC(=O)[C@H]4[C@H]2C(=O)N([C@H](C)CO)C3C1=O. The Morgan fingerprint density at radius 2 is 1.94 bits per heavy atom. The number of ether oxygens (including phenoxy) is 2. The van der Waals surface area contributed by atoms with Gasteiger partial charge in [-0.2, -0.15) is 0 Å². The Morgan fingerprint density at radius 1 is 1.16 bits per heavy atom. The number of hydrogen-bond donors (Lipinski definition) is 1. The van der Waals surface area contributed by atoms with Crippen molar-refractivity contribution in [3.05, 3.63) is 24.3 Å². The molecule has 4 aliphatic heterocycles. The maximum Gasteiger partial charge on any atom is 0.313 e. The lowest BCUT2D eigenvalue weighted by Crippen LogP contribution is -2.58. The van der Waals surface area contributed by atoms with Crippen molar-refractivity contribution in [1.29, 1.82) is 0 Å². The highest BCUT2D eigenvalue weighted by Gasteiger charge is 2.75. The molecule has 2 fully saturated rings. The van der Waals surface area contributed by atoms with Crippen LogP contribution >= 0.6 is 0 Å². The standard InChI is InChI=1S/C24H34N2O6/c1-4-5-7-12-25-13-9-11-24-17(20(28)26(16(2)15-27)19(24)21(25)29)18-22(30)31-14-8-6-10-23(18,3)32-24/h6,9-11,16-19,27H,4-5,7-8,12-15H2,1-3H3/t16-,17+,18-,19?,23+,24+/m1/s1. The fourth-order valence-electron chi connectivity index (χ4n) is 5.79. The molecule has 0 aromatic heterocycles. The van der Waals surface area contributed by atoms with E-state index >= 15 is 0 Å². The maximum absolute atomic E-state index is 13.9. The number of fused-ring (bicyclic) bond motifs is 2. The van der Waals surface area contributed by atoms with Crippen molar-refractivity contribution in [1.82, 2.24) is 9.80 Å². The highest BCUT2D eigenvalue weighted by Crippen LogP contribution is 2.57. The van der Waals surface area contributed by atoms with Gasteiger partial charge in [-0.15, -0.1) is 0 Å². The highest BCUT2D eigenvalue weighted by atomic mass is 16.6. The molecule has 8 nitrogen and oxygen atoms in total. The van der Waals surface area contributed by atoms with Gasteiger partial charge in [-0.1, -0.05) is 44.1 Å². The predicted octanol–water partition coefficient (Wildman–Crippen LogP) is 1.43. The topological polar surface area (TPSA) is 96.4 Å². The number of carbonyl (C=O) groups excluding carboxylic acids is 3. The molecule has 8 heteroatoms. The molecule has 32 heavy (non-hydrogen) atoms. The van der Waals surface area contributed by atoms with Crippen LogP contribution < -0.4 is 0 Å². The van der Waals surface area contributed by atoms with Crippen LogP contribution in [0.15, 0.2) is 24.3 Å². The van der Waals surface area contributed by atoms with E-state index in [1.54, 1.807) is 18.7 Å². The first-order chi connectivity index (χ1) is 15.3. The number of amides is 2. The van der Waals surface area contributed by atoms with E-state index in [4.69, 9.17) is 9.47 Å². The summed E-state index contributed by atoms with van der Waals surface area (Å²) < 4.78 is 12.1. The summed E-state index contributed by atoms with van der Waals surface area (Å²) in [6, 6.07) is -1.52. The van der Waals surface area contributed by atoms with E-state index in [1.165, 1.54) is 4.90 Å². The van der Waals surface area contributed by atoms with E-state index in [9.17, 15) is 19.5 Å². The second-order valence-corrected chi connectivity index (χ2v) is 9.53. The van der Waals surface area contributed by atoms with Crippen molar-refractivity contribution in [2.45, 2.75) is 69.7 Å². The summed E-state index contributed by atoms with van der Waals surface area (Å²) in [4.78, 5) is 44.0. The second-order valence-electron chi connectivity index (χ2n) is 9.53. The van der Waals surface area contributed by atoms with Gasteiger partial charge in [0.1, 0.15) is 17.6 Å². The number of aliphatic hydroxyl groups excluding tert-OH is 1. The zero-order valence-electron chi connectivity index (χ0n) is 19.2. The Bertz CT molecular complexity index is 840. The smallest absolute Gasteiger partial charge is 0.313 e. The largest absolute Gasteiger partial charge is 0.465 e. The molecule has 4 heterocycles. The molecule has 1 unspecified atom stereocenters. The fraction of sp³-hybridized carbons (Fsp3) is 0.708. The van der Waals surface area contributed by atoms with Crippen molar-refractivity contribution in [2.75, 3.05) is 26.3 Å². The van der Waals surface area contributed by atoms with Crippen LogP contribution in [-0.2, 0) is 23.9 Å². The highest BCUT2D eigenvalue weighted by molar-refractivity contribution is 5.99. The summed E-state index contributed by atoms with van der Waals surface area (Å²) in [5.41, 5.74) is -2.35. The van der Waals surface area contributed by atoms with E-state index in [-0.39, 0.29) is 25.0 Å². The molecule has 4 rings (SSSR count). The molecule has 1 spiro atoms. The van der Waals surface area contributed by atoms with Crippen LogP contribution in [0.25, 0.3) is 0 Å². The monoisotopic (exact) mass is 446 g/mol. The number of unbranched alkanes of at least 4 members (excludes halogenated alkanes) is 2. The van der Waals surface area contributed by atoms with E-state index < -0.39 is 41.1 Å². The van der Waals surface area contributed by atoms with E-state index in [2.05, 4.69) is 6.92 Å². The van der Waals surface area contributed by atoms with E-state index in [1.807, 2.05) is 24.3 Å². The molecule has 176 valence electrons. The van der Waals surface area contributed by atoms with E-state index in [0.29, 0.717) is 19.5 Å². The first-order valence-corrected chi connectivity index (χ1v) is 11.7. The number of cyclic esters (lactones) is 1. The number of carbonyl (C=O) groups is 3. The Morgan fingerprint density at radius 3 is 2.66 bits per heavy atom. The summed E-state index contributed by atoms with van der Waals surface area (Å²) in [7, 11) is 0. The van der Waals surface area contributed by atoms with Gasteiger partial charge in [0.15, 0.2) is 0 Å². The van der Waals surface area contributed by atoms with Gasteiger partial charge in [0.2, 0.25) is 11.8 Å². The molecule has 1 N–H and O–H groups in total. The number of aliphatic hydroxyl groups is 1. The molecule has 0 bridgehead atoms. The van der Waals surface area contributed by atoms with Crippen molar-refractivity contribution < 1.29 is 29.0 Å². The van der Waals surface area contributed by atoms with Crippen LogP contribution in [0.3, 0.4) is 0 Å². The average Bonchev–Trinajstić information content (AvgIpc) is 3.09. The summed E-state index contributed by atoms with van der Waals surface area (Å²) in [6.07, 6.45) is 10.9. The average molecular weight is 447 g/mol. The molecule has 2 saturated heterocycles. The Kier molecular flexibility index (Phi) is 6.20. The molecule has 6 atom stereocenters. The van der Waals surface area contributed by atoms with Crippen LogP contribution in [0.5, 0.6) is 0 Å². The lowest BCUT2D eigenvalue weighted by atomic mass is 9.74. The number of hydrogen-bond acceptors (Lipinski definition) is 6. The molecule has 2 amide bonds. The third-order valence-electron chi connectivity index (χ3n) is 7.31. The molecular weight excluding hydrogens is 412 g/mol. The van der Waals surface area contributed by atoms with Crippen molar-refractivity contribution in [3.63, 3.8) is 0 Å². The van der Waals surface area contributed by atoms with Gasteiger partial charge in [0, 0.05) is 13.1 Å². The van der Waals surface area contributed by atoms with Gasteiger partial charge in [0.05, 0.1) is 30.8 Å². The first-order valence-electron chi connectivity index (χ1n) is 11.7. The molecule has 0 radical (unpaired) electrons. The normalized spacial score (nSPS) is 37.4. The quantitative estimate of drug-likeness (QED) is 0.377. The first kappa shape index (κ1) is 23.0. The molecule has 0 aromatic rings. The summed E-state index contributed by atoms with van der Waals surface area (Å²) in [5, 5.41) is 9.90. The zero-order valence-corrected chi connectivity index (χ0v) is 19.2. The van der Waals surface area contributed by atoms with Gasteiger partial charge >= 0.3 is 5.97 Å². The summed E-state index contributed by atoms with van der Waals surface area (Å²) >= 11 is 0. The Hall–Kier alpha value is -2.19. The third-order valence-corrected chi connectivity index (χ3v) is 7.31. The van der Waals surface area contributed by atoms with Gasteiger partial charge in [-0.3, -0.25) is 14.4 Å². The van der Waals surface area contributed by atoms with Crippen LogP contribution in [0.4, 0.5) is 0 Å². The molecule has 0 aliphatic carbocycles. The second kappa shape index (κ2) is 8.63. The predicted molar refractivity (Wildman–Crippen MR) is 116 cm³/mol. The third kappa shape index (κ3) is 3.39. The summed E-state index contributed by atoms with van der Waals surface area (Å²) in [6.45, 7) is 6.59. The van der Waals surface area contributed by atoms with Gasteiger partial charge in [-0.25, -0.2) is 0 Å². The molecule has 0 saturated carbocycles. The number of rotatable bonds is 6. The minimum absolute atomic E-state index is 0.197. The minimum Gasteiger partial charge on any atom is -0.465 e. The van der Waals surface area contributed by atoms with Crippen LogP contribution in [0.2, 0.25) is 0 Å². The molecular formula is C24H34N2O6. The lowest BCUT2D eigenvalue weighted by molar-refractivity contribution is -0.161. The zero-order chi connectivity index (χ0) is 23.1. The lowest BCUT2D eigenvalue weighted by Gasteiger charge is -2.39. The Balaban J connectivity index is 1.81. The van der Waals surface area contributed by atoms with Crippen molar-refractivity contribution >= 4 is 17.8 Å². The summed E-state index contributed by atoms with van der Waals surface area (Å²) in [5.74, 6) is -2.78.